The summed E-state index contributed by atoms with van der Waals surface area (Å²) in [5.41, 5.74) is 2.18. The van der Waals surface area contributed by atoms with Gasteiger partial charge in [0, 0.05) is 12.6 Å². The Morgan fingerprint density at radius 1 is 0.969 bits per heavy atom. The Kier molecular flexibility index (Phi) is 7.95. The van der Waals surface area contributed by atoms with E-state index in [9.17, 15) is 14.4 Å². The smallest absolute Gasteiger partial charge is 0.295 e. The van der Waals surface area contributed by atoms with Gasteiger partial charge in [0.1, 0.15) is 5.69 Å². The fourth-order valence-corrected chi connectivity index (χ4v) is 3.63. The first kappa shape index (κ1) is 23.0. The van der Waals surface area contributed by atoms with Crippen molar-refractivity contribution in [3.63, 3.8) is 0 Å². The molecule has 32 heavy (non-hydrogen) atoms. The number of thioether (sulfide) groups is 1. The fraction of sp³-hybridized carbons (Fsp3) is 0.208. The van der Waals surface area contributed by atoms with Crippen LogP contribution in [-0.4, -0.2) is 39.2 Å². The predicted molar refractivity (Wildman–Crippen MR) is 128 cm³/mol. The van der Waals surface area contributed by atoms with Crippen LogP contribution in [0.3, 0.4) is 0 Å². The van der Waals surface area contributed by atoms with Gasteiger partial charge in [-0.2, -0.15) is 0 Å². The Balaban J connectivity index is 1.48. The average molecular weight is 449 g/mol. The van der Waals surface area contributed by atoms with E-state index in [1.54, 1.807) is 18.7 Å². The van der Waals surface area contributed by atoms with Gasteiger partial charge in [-0.3, -0.25) is 19.1 Å². The molecule has 8 heteroatoms. The Bertz CT molecular complexity index is 1210. The topological polar surface area (TPSA) is 85.1 Å². The molecule has 0 saturated carbocycles. The van der Waals surface area contributed by atoms with Crippen LogP contribution in [-0.2, 0) is 16.6 Å². The third-order valence-electron chi connectivity index (χ3n) is 4.67. The Labute approximate surface area is 190 Å². The molecular weight excluding hydrogens is 424 g/mol. The van der Waals surface area contributed by atoms with Gasteiger partial charge in [-0.25, -0.2) is 4.68 Å². The van der Waals surface area contributed by atoms with E-state index in [1.165, 1.54) is 16.4 Å². The van der Waals surface area contributed by atoms with E-state index in [0.717, 1.165) is 5.56 Å². The van der Waals surface area contributed by atoms with Gasteiger partial charge in [0.15, 0.2) is 0 Å². The highest BCUT2D eigenvalue weighted by Crippen LogP contribution is 2.14. The van der Waals surface area contributed by atoms with Crippen LogP contribution < -0.4 is 16.2 Å². The monoisotopic (exact) mass is 448 g/mol. The largest absolute Gasteiger partial charge is 0.344 e. The predicted octanol–water partition coefficient (Wildman–Crippen LogP) is 2.32. The molecule has 0 fully saturated rings. The first-order valence-corrected chi connectivity index (χ1v) is 11.1. The minimum atomic E-state index is -0.335. The summed E-state index contributed by atoms with van der Waals surface area (Å²) in [6.45, 7) is 2.01. The summed E-state index contributed by atoms with van der Waals surface area (Å²) in [6, 6.07) is 18.7. The van der Waals surface area contributed by atoms with Gasteiger partial charge in [-0.05, 0) is 31.2 Å². The van der Waals surface area contributed by atoms with Crippen LogP contribution in [0.15, 0.2) is 65.5 Å². The summed E-state index contributed by atoms with van der Waals surface area (Å²) in [5, 5.41) is 5.39. The quantitative estimate of drug-likeness (QED) is 0.544. The molecule has 0 radical (unpaired) electrons. The molecule has 0 saturated heterocycles. The molecule has 7 nitrogen and oxygen atoms in total. The third kappa shape index (κ3) is 5.93. The van der Waals surface area contributed by atoms with E-state index in [2.05, 4.69) is 22.5 Å². The van der Waals surface area contributed by atoms with Crippen molar-refractivity contribution in [3.05, 3.63) is 82.3 Å². The number of carbonyl (C=O) groups excluding carboxylic acids is 2. The Morgan fingerprint density at radius 3 is 2.28 bits per heavy atom. The summed E-state index contributed by atoms with van der Waals surface area (Å²) >= 11 is 1.17. The van der Waals surface area contributed by atoms with E-state index in [0.29, 0.717) is 11.4 Å². The number of nitrogens with zero attached hydrogens (tertiary/aromatic N) is 2. The van der Waals surface area contributed by atoms with Gasteiger partial charge in [0.2, 0.25) is 11.8 Å². The maximum Gasteiger partial charge on any atom is 0.295 e. The molecule has 0 bridgehead atoms. The zero-order valence-corrected chi connectivity index (χ0v) is 18.7. The number of aromatic nitrogens is 2. The number of para-hydroxylation sites is 1. The number of hydrogen-bond acceptors (Lipinski definition) is 4. The van der Waals surface area contributed by atoms with Crippen molar-refractivity contribution in [1.29, 1.82) is 0 Å². The van der Waals surface area contributed by atoms with Crippen LogP contribution in [0.25, 0.3) is 5.69 Å². The average Bonchev–Trinajstić information content (AvgIpc) is 3.01. The minimum absolute atomic E-state index is 0.0578. The number of benzene rings is 2. The molecule has 0 aliphatic rings. The Morgan fingerprint density at radius 2 is 1.59 bits per heavy atom. The number of nitrogens with one attached hydrogen (secondary N) is 2. The van der Waals surface area contributed by atoms with Gasteiger partial charge in [0.05, 0.1) is 29.4 Å². The van der Waals surface area contributed by atoms with E-state index in [4.69, 9.17) is 0 Å². The summed E-state index contributed by atoms with van der Waals surface area (Å²) < 4.78 is 3.20. The second-order valence-corrected chi connectivity index (χ2v) is 7.91. The van der Waals surface area contributed by atoms with Gasteiger partial charge in [-0.15, -0.1) is 11.8 Å². The number of carbonyl (C=O) groups is 2. The van der Waals surface area contributed by atoms with Crippen molar-refractivity contribution in [1.82, 2.24) is 14.7 Å². The van der Waals surface area contributed by atoms with E-state index in [-0.39, 0.29) is 41.1 Å². The number of rotatable bonds is 7. The highest BCUT2D eigenvalue weighted by Gasteiger charge is 2.18. The first-order valence-electron chi connectivity index (χ1n) is 9.99. The van der Waals surface area contributed by atoms with Crippen molar-refractivity contribution in [2.24, 2.45) is 7.05 Å². The van der Waals surface area contributed by atoms with E-state index < -0.39 is 0 Å². The molecule has 0 spiro atoms. The molecule has 3 rings (SSSR count). The standard InChI is InChI=1S/C24H24N4O3S/c1-18-23(24(31)28(27(18)2)20-13-7-4-8-14-20)26-22(30)17-32-16-21(29)25-15-9-12-19-10-5-3-6-11-19/h3-8,10-11,13-14H,15-17H2,1-2H3,(H,25,29)(H,26,30). The minimum Gasteiger partial charge on any atom is -0.344 e. The van der Waals surface area contributed by atoms with Crippen LogP contribution in [0, 0.1) is 18.8 Å². The van der Waals surface area contributed by atoms with Crippen LogP contribution in [0.1, 0.15) is 11.3 Å². The molecule has 2 N–H and O–H groups in total. The van der Waals surface area contributed by atoms with Gasteiger partial charge in [-0.1, -0.05) is 48.2 Å². The van der Waals surface area contributed by atoms with Crippen LogP contribution in [0.2, 0.25) is 0 Å². The second-order valence-electron chi connectivity index (χ2n) is 6.92. The lowest BCUT2D eigenvalue weighted by Gasteiger charge is -2.07. The second kappa shape index (κ2) is 11.1. The molecule has 0 atom stereocenters. The zero-order valence-electron chi connectivity index (χ0n) is 17.9. The van der Waals surface area contributed by atoms with E-state index in [1.807, 2.05) is 60.7 Å². The summed E-state index contributed by atoms with van der Waals surface area (Å²) in [4.78, 5) is 37.1. The molecule has 0 aliphatic heterocycles. The number of amides is 2. The number of hydrogen-bond donors (Lipinski definition) is 2. The van der Waals surface area contributed by atoms with Gasteiger partial charge in [0.25, 0.3) is 5.56 Å². The maximum atomic E-state index is 12.8. The highest BCUT2D eigenvalue weighted by molar-refractivity contribution is 8.00. The molecular formula is C24H24N4O3S. The highest BCUT2D eigenvalue weighted by atomic mass is 32.2. The molecule has 1 aromatic heterocycles. The SMILES string of the molecule is Cc1c(NC(=O)CSCC(=O)NCC#Cc2ccccc2)c(=O)n(-c2ccccc2)n1C. The van der Waals surface area contributed by atoms with Crippen molar-refractivity contribution >= 4 is 29.3 Å². The molecule has 0 unspecified atom stereocenters. The lowest BCUT2D eigenvalue weighted by molar-refractivity contribution is -0.118. The molecule has 2 amide bonds. The summed E-state index contributed by atoms with van der Waals surface area (Å²) in [6.07, 6.45) is 0. The normalized spacial score (nSPS) is 10.2. The van der Waals surface area contributed by atoms with Crippen LogP contribution in [0.5, 0.6) is 0 Å². The molecule has 164 valence electrons. The molecule has 1 heterocycles. The van der Waals surface area contributed by atoms with Crippen molar-refractivity contribution in [2.45, 2.75) is 6.92 Å². The lowest BCUT2D eigenvalue weighted by Crippen LogP contribution is -2.27. The molecule has 2 aromatic carbocycles. The Hall–Kier alpha value is -3.70. The lowest BCUT2D eigenvalue weighted by atomic mass is 10.2. The molecule has 0 aliphatic carbocycles. The van der Waals surface area contributed by atoms with Crippen LogP contribution in [0.4, 0.5) is 5.69 Å². The first-order chi connectivity index (χ1) is 15.5. The van der Waals surface area contributed by atoms with Crippen molar-refractivity contribution < 1.29 is 9.59 Å². The van der Waals surface area contributed by atoms with Crippen LogP contribution >= 0.6 is 11.8 Å². The zero-order chi connectivity index (χ0) is 22.9. The summed E-state index contributed by atoms with van der Waals surface area (Å²) in [7, 11) is 1.76. The third-order valence-corrected chi connectivity index (χ3v) is 5.60. The van der Waals surface area contributed by atoms with E-state index >= 15 is 0 Å². The van der Waals surface area contributed by atoms with Crippen molar-refractivity contribution in [3.8, 4) is 17.5 Å². The molecule has 3 aromatic rings. The maximum absolute atomic E-state index is 12.8. The fourth-order valence-electron chi connectivity index (χ4n) is 2.99. The van der Waals surface area contributed by atoms with Crippen molar-refractivity contribution in [2.75, 3.05) is 23.4 Å². The number of anilines is 1. The van der Waals surface area contributed by atoms with Gasteiger partial charge < -0.3 is 10.6 Å². The summed E-state index contributed by atoms with van der Waals surface area (Å²) in [5.74, 6) is 5.50. The van der Waals surface area contributed by atoms with Gasteiger partial charge >= 0.3 is 0 Å².